The topological polar surface area (TPSA) is 88.3 Å². The number of hydrogen-bond acceptors (Lipinski definition) is 4. The van der Waals surface area contributed by atoms with Crippen LogP contribution < -0.4 is 5.73 Å². The number of halogens is 1. The molecule has 5 nitrogen and oxygen atoms in total. The van der Waals surface area contributed by atoms with E-state index in [2.05, 4.69) is 27.6 Å². The molecule has 0 aliphatic carbocycles. The van der Waals surface area contributed by atoms with Crippen LogP contribution in [0.15, 0.2) is 36.4 Å². The summed E-state index contributed by atoms with van der Waals surface area (Å²) in [6.07, 6.45) is -0.515. The third-order valence-electron chi connectivity index (χ3n) is 3.76. The second-order valence-corrected chi connectivity index (χ2v) is 6.35. The lowest BCUT2D eigenvalue weighted by atomic mass is 10.1. The van der Waals surface area contributed by atoms with E-state index in [-0.39, 0.29) is 5.75 Å². The minimum Gasteiger partial charge on any atom is -0.507 e. The number of aromatic hydroxyl groups is 1. The van der Waals surface area contributed by atoms with Crippen molar-refractivity contribution in [2.75, 3.05) is 5.73 Å². The van der Waals surface area contributed by atoms with Crippen LogP contribution in [0.1, 0.15) is 18.6 Å². The number of H-pyrrole nitrogens is 1. The van der Waals surface area contributed by atoms with E-state index in [0.717, 1.165) is 25.7 Å². The largest absolute Gasteiger partial charge is 0.507 e. The van der Waals surface area contributed by atoms with Crippen LogP contribution in [0.4, 0.5) is 5.69 Å². The molecule has 0 amide bonds. The van der Waals surface area contributed by atoms with E-state index >= 15 is 0 Å². The number of nitrogen functional groups attached to an aromatic ring is 1. The number of ether oxygens (including phenoxy) is 1. The van der Waals surface area contributed by atoms with Crippen molar-refractivity contribution in [3.05, 3.63) is 45.5 Å². The first-order valence-electron chi connectivity index (χ1n) is 7.00. The lowest BCUT2D eigenvalue weighted by molar-refractivity contribution is -0.133. The molecule has 6 heteroatoms. The van der Waals surface area contributed by atoms with Crippen molar-refractivity contribution < 1.29 is 14.6 Å². The molecule has 0 spiro atoms. The van der Waals surface area contributed by atoms with Crippen molar-refractivity contribution in [1.82, 2.24) is 4.98 Å². The third kappa shape index (κ3) is 2.86. The van der Waals surface area contributed by atoms with Crippen LogP contribution in [0.3, 0.4) is 0 Å². The minimum absolute atomic E-state index is 0.0867. The lowest BCUT2D eigenvalue weighted by Gasteiger charge is -2.11. The summed E-state index contributed by atoms with van der Waals surface area (Å²) in [6.45, 7) is 2.10. The maximum atomic E-state index is 10.5. The fourth-order valence-corrected chi connectivity index (χ4v) is 3.48. The van der Waals surface area contributed by atoms with Gasteiger partial charge in [-0.15, -0.1) is 0 Å². The van der Waals surface area contributed by atoms with Crippen LogP contribution in [-0.2, 0) is 9.53 Å². The molecular formula is C17H15IN2O3. The molecule has 1 unspecified atom stereocenters. The first-order valence-corrected chi connectivity index (χ1v) is 8.08. The summed E-state index contributed by atoms with van der Waals surface area (Å²) in [5, 5.41) is 11.1. The summed E-state index contributed by atoms with van der Waals surface area (Å²) in [4.78, 5) is 13.8. The average Bonchev–Trinajstić information content (AvgIpc) is 2.83. The highest BCUT2D eigenvalue weighted by molar-refractivity contribution is 14.1. The second kappa shape index (κ2) is 6.11. The Morgan fingerprint density at radius 3 is 2.83 bits per heavy atom. The molecule has 118 valence electrons. The number of aromatic amines is 1. The second-order valence-electron chi connectivity index (χ2n) is 5.27. The summed E-state index contributed by atoms with van der Waals surface area (Å²) in [6, 6.07) is 11.1. The van der Waals surface area contributed by atoms with Crippen molar-refractivity contribution in [3.63, 3.8) is 0 Å². The molecule has 0 aliphatic rings. The Labute approximate surface area is 146 Å². The van der Waals surface area contributed by atoms with Gasteiger partial charge in [-0.1, -0.05) is 12.1 Å². The molecule has 1 atom stereocenters. The molecule has 0 fully saturated rings. The summed E-state index contributed by atoms with van der Waals surface area (Å²) in [7, 11) is 0. The molecule has 0 saturated heterocycles. The van der Waals surface area contributed by atoms with Crippen molar-refractivity contribution >= 4 is 45.7 Å². The zero-order valence-corrected chi connectivity index (χ0v) is 14.5. The summed E-state index contributed by atoms with van der Waals surface area (Å²) in [5.74, 6) is 0.0867. The lowest BCUT2D eigenvalue weighted by Crippen LogP contribution is -1.98. The molecule has 2 aromatic carbocycles. The molecule has 0 saturated carbocycles. The van der Waals surface area contributed by atoms with Gasteiger partial charge in [0.25, 0.3) is 6.47 Å². The number of carbonyl (C=O) groups is 1. The van der Waals surface area contributed by atoms with Crippen molar-refractivity contribution in [2.24, 2.45) is 0 Å². The van der Waals surface area contributed by atoms with Crippen LogP contribution >= 0.6 is 22.6 Å². The average molecular weight is 422 g/mol. The first-order chi connectivity index (χ1) is 11.0. The fraction of sp³-hybridized carbons (Fsp3) is 0.118. The smallest absolute Gasteiger partial charge is 0.293 e. The number of phenolic OH excluding ortho intramolecular Hbond substituents is 1. The van der Waals surface area contributed by atoms with Crippen LogP contribution in [0.2, 0.25) is 0 Å². The number of hydrogen-bond donors (Lipinski definition) is 3. The number of nitrogens with one attached hydrogen (secondary N) is 1. The first kappa shape index (κ1) is 15.7. The van der Waals surface area contributed by atoms with E-state index in [1.165, 1.54) is 0 Å². The number of nitrogens with two attached hydrogens (primary N) is 1. The van der Waals surface area contributed by atoms with E-state index in [0.29, 0.717) is 17.7 Å². The molecule has 1 heterocycles. The quantitative estimate of drug-likeness (QED) is 0.338. The summed E-state index contributed by atoms with van der Waals surface area (Å²) in [5.41, 5.74) is 9.84. The van der Waals surface area contributed by atoms with Gasteiger partial charge >= 0.3 is 0 Å². The number of phenols is 1. The Kier molecular flexibility index (Phi) is 4.16. The molecule has 0 bridgehead atoms. The number of carbonyl (C=O) groups excluding carboxylic acids is 1. The number of fused-ring (bicyclic) bond motifs is 1. The summed E-state index contributed by atoms with van der Waals surface area (Å²) < 4.78 is 5.95. The highest BCUT2D eigenvalue weighted by Gasteiger charge is 2.17. The van der Waals surface area contributed by atoms with Gasteiger partial charge in [-0.2, -0.15) is 0 Å². The van der Waals surface area contributed by atoms with Gasteiger partial charge in [-0.3, -0.25) is 4.79 Å². The van der Waals surface area contributed by atoms with E-state index in [9.17, 15) is 9.90 Å². The predicted molar refractivity (Wildman–Crippen MR) is 98.1 cm³/mol. The van der Waals surface area contributed by atoms with E-state index < -0.39 is 6.10 Å². The van der Waals surface area contributed by atoms with Crippen molar-refractivity contribution in [2.45, 2.75) is 13.0 Å². The molecule has 4 N–H and O–H groups in total. The highest BCUT2D eigenvalue weighted by Crippen LogP contribution is 2.37. The normalized spacial score (nSPS) is 12.3. The third-order valence-corrected chi connectivity index (χ3v) is 4.88. The monoisotopic (exact) mass is 422 g/mol. The SMILES string of the molecule is CC(OC=O)c1cc2c(I)c(-c3cccc(N)c3)[nH]c2cc1O. The molecule has 1 aromatic heterocycles. The number of benzene rings is 2. The zero-order valence-electron chi connectivity index (χ0n) is 12.3. The number of aromatic nitrogens is 1. The van der Waals surface area contributed by atoms with Gasteiger partial charge in [0.05, 0.1) is 11.2 Å². The van der Waals surface area contributed by atoms with Gasteiger partial charge in [0.15, 0.2) is 0 Å². The summed E-state index contributed by atoms with van der Waals surface area (Å²) >= 11 is 2.26. The standard InChI is InChI=1S/C17H15IN2O3/c1-9(23-8-21)12-6-13-14(7-15(12)22)20-17(16(13)18)10-3-2-4-11(19)5-10/h2-9,20,22H,19H2,1H3. The Hall–Kier alpha value is -2.22. The van der Waals surface area contributed by atoms with Crippen molar-refractivity contribution in [1.29, 1.82) is 0 Å². The van der Waals surface area contributed by atoms with Gasteiger partial charge in [0.2, 0.25) is 0 Å². The fourth-order valence-electron chi connectivity index (χ4n) is 2.59. The van der Waals surface area contributed by atoms with Crippen LogP contribution in [0, 0.1) is 3.57 Å². The van der Waals surface area contributed by atoms with Gasteiger partial charge in [-0.25, -0.2) is 0 Å². The van der Waals surface area contributed by atoms with Crippen LogP contribution in [0.25, 0.3) is 22.2 Å². The van der Waals surface area contributed by atoms with E-state index in [1.807, 2.05) is 30.3 Å². The van der Waals surface area contributed by atoms with E-state index in [4.69, 9.17) is 10.5 Å². The van der Waals surface area contributed by atoms with Crippen LogP contribution in [0.5, 0.6) is 5.75 Å². The maximum Gasteiger partial charge on any atom is 0.293 e. The highest BCUT2D eigenvalue weighted by atomic mass is 127. The minimum atomic E-state index is -0.515. The number of rotatable bonds is 4. The van der Waals surface area contributed by atoms with Gasteiger partial charge < -0.3 is 20.6 Å². The molecule has 0 radical (unpaired) electrons. The Balaban J connectivity index is 2.17. The molecule has 0 aliphatic heterocycles. The Bertz CT molecular complexity index is 889. The molecule has 23 heavy (non-hydrogen) atoms. The van der Waals surface area contributed by atoms with Gasteiger partial charge in [-0.05, 0) is 47.7 Å². The zero-order chi connectivity index (χ0) is 16.6. The van der Waals surface area contributed by atoms with Gasteiger partial charge in [0.1, 0.15) is 11.9 Å². The maximum absolute atomic E-state index is 10.5. The molecule has 3 rings (SSSR count). The van der Waals surface area contributed by atoms with Crippen LogP contribution in [-0.4, -0.2) is 16.6 Å². The molecule has 3 aromatic rings. The predicted octanol–water partition coefficient (Wildman–Crippen LogP) is 3.96. The van der Waals surface area contributed by atoms with Gasteiger partial charge in [0, 0.05) is 31.8 Å². The Morgan fingerprint density at radius 1 is 1.35 bits per heavy atom. The molecular weight excluding hydrogens is 407 g/mol. The van der Waals surface area contributed by atoms with E-state index in [1.54, 1.807) is 13.0 Å². The van der Waals surface area contributed by atoms with Crippen molar-refractivity contribution in [3.8, 4) is 17.0 Å². The number of anilines is 1. The Morgan fingerprint density at radius 2 is 2.13 bits per heavy atom.